The van der Waals surface area contributed by atoms with Gasteiger partial charge in [0.1, 0.15) is 67.1 Å². The van der Waals surface area contributed by atoms with Crippen LogP contribution in [0.15, 0.2) is 12.2 Å². The predicted octanol–water partition coefficient (Wildman–Crippen LogP) is 4.73. The van der Waals surface area contributed by atoms with Crippen LogP contribution in [0.5, 0.6) is 0 Å². The summed E-state index contributed by atoms with van der Waals surface area (Å²) in [5, 5.41) is 136. The topological polar surface area (TPSA) is 373 Å². The number of carboxylic acid groups (broad SMARTS) is 1. The number of aliphatic hydroxyl groups excluding tert-OH is 11. The van der Waals surface area contributed by atoms with Gasteiger partial charge >= 0.3 is 5.97 Å². The van der Waals surface area contributed by atoms with E-state index in [1.54, 1.807) is 6.08 Å². The molecule has 0 aliphatic carbocycles. The van der Waals surface area contributed by atoms with E-state index in [1.807, 2.05) is 6.08 Å². The van der Waals surface area contributed by atoms with E-state index in [0.29, 0.717) is 12.8 Å². The van der Waals surface area contributed by atoms with Crippen LogP contribution in [0.4, 0.5) is 0 Å². The smallest absolute Gasteiger partial charge is 0.364 e. The van der Waals surface area contributed by atoms with Crippen LogP contribution in [0, 0.1) is 0 Å². The highest BCUT2D eigenvalue weighted by Gasteiger charge is 2.60. The van der Waals surface area contributed by atoms with E-state index in [2.05, 4.69) is 24.5 Å². The third-order valence-electron chi connectivity index (χ3n) is 17.0. The molecular weight excluding hydrogens is 1120 g/mol. The van der Waals surface area contributed by atoms with E-state index in [1.165, 1.54) is 141 Å². The summed E-state index contributed by atoms with van der Waals surface area (Å²) in [5.74, 6) is -6.14. The molecule has 0 spiro atoms. The van der Waals surface area contributed by atoms with Crippen molar-refractivity contribution >= 4 is 17.8 Å². The van der Waals surface area contributed by atoms with E-state index in [0.717, 1.165) is 51.9 Å². The Morgan fingerprint density at radius 2 is 1.08 bits per heavy atom. The molecule has 504 valence electrons. The SMILES string of the molecule is CCCCCCCCCCCCCCCC/C=C/C(O)C(COC1OC(CO)C(OC2OC(CO)C(O)C(OC3(C(=O)O)CC(O)C(NC(C)=O)C(C(O)C(O)CO)O3)C2O)C(O)C1O)NC(=O)CCCCCCCCCCCCCCCCCC. The lowest BCUT2D eigenvalue weighted by molar-refractivity contribution is -0.386. The van der Waals surface area contributed by atoms with Gasteiger partial charge in [-0.3, -0.25) is 9.59 Å². The van der Waals surface area contributed by atoms with Crippen molar-refractivity contribution in [1.82, 2.24) is 10.6 Å². The Hall–Kier alpha value is -2.53. The van der Waals surface area contributed by atoms with Gasteiger partial charge in [0.05, 0.1) is 50.7 Å². The monoisotopic (exact) mass is 1240 g/mol. The zero-order valence-electron chi connectivity index (χ0n) is 52.2. The summed E-state index contributed by atoms with van der Waals surface area (Å²) in [7, 11) is 0. The highest BCUT2D eigenvalue weighted by Crippen LogP contribution is 2.38. The van der Waals surface area contributed by atoms with Gasteiger partial charge in [0.15, 0.2) is 12.6 Å². The van der Waals surface area contributed by atoms with Gasteiger partial charge < -0.3 is 100 Å². The normalized spacial score (nSPS) is 29.4. The van der Waals surface area contributed by atoms with E-state index < -0.39 is 155 Å². The second-order valence-corrected chi connectivity index (χ2v) is 24.3. The molecule has 86 heavy (non-hydrogen) atoms. The first-order chi connectivity index (χ1) is 41.4. The van der Waals surface area contributed by atoms with Crippen LogP contribution in [0.2, 0.25) is 0 Å². The zero-order valence-corrected chi connectivity index (χ0v) is 52.2. The van der Waals surface area contributed by atoms with Gasteiger partial charge in [-0.05, 0) is 19.3 Å². The Labute approximate surface area is 511 Å². The number of nitrogens with one attached hydrogen (secondary N) is 2. The molecule has 23 heteroatoms. The molecule has 0 aromatic rings. The molecule has 2 amide bonds. The number of aliphatic carboxylic acids is 1. The maximum absolute atomic E-state index is 13.4. The van der Waals surface area contributed by atoms with Crippen LogP contribution < -0.4 is 10.6 Å². The Morgan fingerprint density at radius 3 is 1.55 bits per heavy atom. The Kier molecular flexibility index (Phi) is 40.5. The molecule has 3 rings (SSSR count). The fourth-order valence-electron chi connectivity index (χ4n) is 11.6. The zero-order chi connectivity index (χ0) is 63.3. The number of ether oxygens (including phenoxy) is 6. The molecule has 0 radical (unpaired) electrons. The van der Waals surface area contributed by atoms with E-state index in [9.17, 15) is 75.7 Å². The van der Waals surface area contributed by atoms with Crippen molar-refractivity contribution in [3.05, 3.63) is 12.2 Å². The maximum atomic E-state index is 13.4. The third-order valence-corrected chi connectivity index (χ3v) is 17.0. The average Bonchev–Trinajstić information content (AvgIpc) is 0.896. The fraction of sp³-hybridized carbons (Fsp3) is 0.921. The number of carbonyl (C=O) groups is 3. The van der Waals surface area contributed by atoms with Crippen molar-refractivity contribution in [1.29, 1.82) is 0 Å². The number of aliphatic hydroxyl groups is 11. The van der Waals surface area contributed by atoms with Crippen LogP contribution in [0.1, 0.15) is 233 Å². The molecule has 3 aliphatic heterocycles. The summed E-state index contributed by atoms with van der Waals surface area (Å²) < 4.78 is 34.7. The highest BCUT2D eigenvalue weighted by atomic mass is 16.8. The molecule has 0 aromatic carbocycles. The van der Waals surface area contributed by atoms with Gasteiger partial charge in [-0.2, -0.15) is 0 Å². The Balaban J connectivity index is 1.64. The fourth-order valence-corrected chi connectivity index (χ4v) is 11.6. The molecule has 18 unspecified atom stereocenters. The van der Waals surface area contributed by atoms with E-state index in [-0.39, 0.29) is 12.3 Å². The maximum Gasteiger partial charge on any atom is 0.364 e. The highest BCUT2D eigenvalue weighted by molar-refractivity contribution is 5.77. The molecule has 3 aliphatic rings. The van der Waals surface area contributed by atoms with Gasteiger partial charge in [-0.25, -0.2) is 4.79 Å². The first-order valence-corrected chi connectivity index (χ1v) is 33.1. The predicted molar refractivity (Wildman–Crippen MR) is 320 cm³/mol. The molecule has 3 heterocycles. The van der Waals surface area contributed by atoms with E-state index in [4.69, 9.17) is 28.4 Å². The van der Waals surface area contributed by atoms with E-state index >= 15 is 0 Å². The summed E-state index contributed by atoms with van der Waals surface area (Å²) in [6.45, 7) is 2.13. The number of carboxylic acids is 1. The van der Waals surface area contributed by atoms with Crippen LogP contribution in [-0.4, -0.2) is 215 Å². The second kappa shape index (κ2) is 44.9. The van der Waals surface area contributed by atoms with Crippen molar-refractivity contribution in [2.24, 2.45) is 0 Å². The molecule has 3 fully saturated rings. The molecule has 0 aromatic heterocycles. The largest absolute Gasteiger partial charge is 0.477 e. The van der Waals surface area contributed by atoms with Gasteiger partial charge in [0.2, 0.25) is 11.8 Å². The standard InChI is InChI=1S/C63H116N2O21/c1-4-6-8-10-12-14-16-18-20-22-24-26-28-30-32-34-36-45(70)44(65-50(73)37-35-33-31-29-27-25-23-21-19-17-15-13-11-9-7-5-2)42-81-60-55(77)54(76)57(49(41-68)83-60)84-61-56(78)59(53(75)48(40-67)82-61)86-63(62(79)80)38-46(71)51(64-43(3)69)58(85-63)52(74)47(72)39-66/h34,36,44-49,51-61,66-68,70-72,74-78H,4-33,35,37-42H2,1-3H3,(H,64,69)(H,65,73)(H,79,80)/b36-34+. The lowest BCUT2D eigenvalue weighted by Gasteiger charge is -2.50. The Bertz CT molecular complexity index is 1810. The molecule has 0 saturated carbocycles. The van der Waals surface area contributed by atoms with Crippen molar-refractivity contribution in [3.8, 4) is 0 Å². The molecule has 23 nitrogen and oxygen atoms in total. The van der Waals surface area contributed by atoms with Gasteiger partial charge in [-0.15, -0.1) is 0 Å². The number of hydrogen-bond acceptors (Lipinski definition) is 20. The molecule has 0 bridgehead atoms. The number of hydrogen-bond donors (Lipinski definition) is 14. The van der Waals surface area contributed by atoms with Crippen molar-refractivity contribution < 1.29 is 104 Å². The number of amides is 2. The summed E-state index contributed by atoms with van der Waals surface area (Å²) >= 11 is 0. The number of unbranched alkanes of at least 4 members (excludes halogenated alkanes) is 29. The third kappa shape index (κ3) is 27.9. The summed E-state index contributed by atoms with van der Waals surface area (Å²) in [5.41, 5.74) is 0. The lowest BCUT2D eigenvalue weighted by atomic mass is 9.88. The molecular formula is C63H116N2O21. The van der Waals surface area contributed by atoms with Crippen LogP contribution in [-0.2, 0) is 42.8 Å². The summed E-state index contributed by atoms with van der Waals surface area (Å²) in [6, 6.07) is -2.61. The quantitative estimate of drug-likeness (QED) is 0.0289. The number of allylic oxidation sites excluding steroid dienone is 1. The van der Waals surface area contributed by atoms with Crippen LogP contribution in [0.25, 0.3) is 0 Å². The summed E-state index contributed by atoms with van der Waals surface area (Å²) in [4.78, 5) is 38.5. The molecule has 14 N–H and O–H groups in total. The molecule has 3 saturated heterocycles. The van der Waals surface area contributed by atoms with Crippen molar-refractivity contribution in [3.63, 3.8) is 0 Å². The number of rotatable bonds is 49. The molecule has 18 atom stereocenters. The minimum absolute atomic E-state index is 0.205. The van der Waals surface area contributed by atoms with Gasteiger partial charge in [-0.1, -0.05) is 206 Å². The lowest BCUT2D eigenvalue weighted by Crippen LogP contribution is -2.70. The first-order valence-electron chi connectivity index (χ1n) is 33.1. The van der Waals surface area contributed by atoms with Gasteiger partial charge in [0, 0.05) is 19.8 Å². The Morgan fingerprint density at radius 1 is 0.605 bits per heavy atom. The first kappa shape index (κ1) is 77.7. The van der Waals surface area contributed by atoms with Crippen LogP contribution in [0.3, 0.4) is 0 Å². The minimum atomic E-state index is -3.08. The average molecular weight is 1240 g/mol. The second-order valence-electron chi connectivity index (χ2n) is 24.3. The van der Waals surface area contributed by atoms with Crippen LogP contribution >= 0.6 is 0 Å². The van der Waals surface area contributed by atoms with Gasteiger partial charge in [0.25, 0.3) is 5.79 Å². The summed E-state index contributed by atoms with van der Waals surface area (Å²) in [6.07, 6.45) is 11.1. The number of carbonyl (C=O) groups excluding carboxylic acids is 2. The van der Waals surface area contributed by atoms with Crippen molar-refractivity contribution in [2.75, 3.05) is 26.4 Å². The van der Waals surface area contributed by atoms with Crippen molar-refractivity contribution in [2.45, 2.75) is 342 Å². The minimum Gasteiger partial charge on any atom is -0.477 e.